The largest absolute Gasteiger partial charge is 0.487 e. The highest BCUT2D eigenvalue weighted by Crippen LogP contribution is 2.31. The fourth-order valence-corrected chi connectivity index (χ4v) is 3.43. The van der Waals surface area contributed by atoms with Crippen molar-refractivity contribution in [3.05, 3.63) is 95.3 Å². The number of rotatable bonds is 6. The van der Waals surface area contributed by atoms with Gasteiger partial charge in [0.25, 0.3) is 0 Å². The second kappa shape index (κ2) is 7.68. The molecular weight excluding hydrogens is 324 g/mol. The molecular formula is C22H22N2O2. The van der Waals surface area contributed by atoms with E-state index in [4.69, 9.17) is 4.74 Å². The molecule has 0 fully saturated rings. The molecule has 1 aromatic heterocycles. The van der Waals surface area contributed by atoms with Gasteiger partial charge in [-0.25, -0.2) is 0 Å². The van der Waals surface area contributed by atoms with Crippen molar-refractivity contribution < 1.29 is 9.84 Å². The van der Waals surface area contributed by atoms with E-state index < -0.39 is 0 Å². The zero-order chi connectivity index (χ0) is 17.8. The molecule has 132 valence electrons. The number of nitrogens with zero attached hydrogens (tertiary/aromatic N) is 1. The molecule has 0 unspecified atom stereocenters. The Morgan fingerprint density at radius 3 is 2.81 bits per heavy atom. The van der Waals surface area contributed by atoms with E-state index in [0.29, 0.717) is 19.6 Å². The highest BCUT2D eigenvalue weighted by atomic mass is 16.5. The van der Waals surface area contributed by atoms with E-state index in [-0.39, 0.29) is 12.1 Å². The molecule has 1 heterocycles. The number of ether oxygens (including phenoxy) is 1. The summed E-state index contributed by atoms with van der Waals surface area (Å²) in [6.07, 6.45) is 2.10. The summed E-state index contributed by atoms with van der Waals surface area (Å²) < 4.78 is 5.84. The Morgan fingerprint density at radius 2 is 1.92 bits per heavy atom. The van der Waals surface area contributed by atoms with Crippen molar-refractivity contribution in [3.8, 4) is 5.75 Å². The lowest BCUT2D eigenvalue weighted by molar-refractivity contribution is 0.140. The van der Waals surface area contributed by atoms with Crippen molar-refractivity contribution in [2.45, 2.75) is 31.7 Å². The first kappa shape index (κ1) is 16.8. The number of benzene rings is 2. The van der Waals surface area contributed by atoms with Gasteiger partial charge in [0.1, 0.15) is 12.4 Å². The molecule has 0 amide bonds. The minimum absolute atomic E-state index is 0.0238. The molecule has 1 aliphatic carbocycles. The van der Waals surface area contributed by atoms with Gasteiger partial charge in [-0.15, -0.1) is 0 Å². The zero-order valence-corrected chi connectivity index (χ0v) is 14.5. The number of aromatic nitrogens is 1. The molecule has 0 spiro atoms. The van der Waals surface area contributed by atoms with Crippen molar-refractivity contribution in [3.63, 3.8) is 0 Å². The van der Waals surface area contributed by atoms with Crippen LogP contribution in [-0.4, -0.2) is 16.2 Å². The van der Waals surface area contributed by atoms with Crippen molar-refractivity contribution in [1.29, 1.82) is 0 Å². The molecule has 1 aliphatic rings. The summed E-state index contributed by atoms with van der Waals surface area (Å²) in [6, 6.07) is 22.0. The fraction of sp³-hybridized carbons (Fsp3) is 0.227. The predicted molar refractivity (Wildman–Crippen MR) is 101 cm³/mol. The zero-order valence-electron chi connectivity index (χ0n) is 14.5. The van der Waals surface area contributed by atoms with Gasteiger partial charge in [0.15, 0.2) is 0 Å². The summed E-state index contributed by atoms with van der Waals surface area (Å²) in [7, 11) is 0. The summed E-state index contributed by atoms with van der Waals surface area (Å²) in [6.45, 7) is 1.13. The van der Waals surface area contributed by atoms with Crippen molar-refractivity contribution in [2.75, 3.05) is 0 Å². The minimum Gasteiger partial charge on any atom is -0.487 e. The monoisotopic (exact) mass is 346 g/mol. The van der Waals surface area contributed by atoms with Gasteiger partial charge >= 0.3 is 0 Å². The normalized spacial score (nSPS) is 18.5. The second-order valence-electron chi connectivity index (χ2n) is 6.59. The van der Waals surface area contributed by atoms with E-state index >= 15 is 0 Å². The number of nitrogens with one attached hydrogen (secondary N) is 1. The topological polar surface area (TPSA) is 54.4 Å². The summed E-state index contributed by atoms with van der Waals surface area (Å²) in [5, 5.41) is 13.8. The van der Waals surface area contributed by atoms with Gasteiger partial charge in [-0.3, -0.25) is 4.98 Å². The van der Waals surface area contributed by atoms with E-state index in [1.807, 2.05) is 48.5 Å². The van der Waals surface area contributed by atoms with Gasteiger partial charge in [0.05, 0.1) is 17.8 Å². The Balaban J connectivity index is 1.38. The SMILES string of the molecule is O[C@H]1Cc2ccccc2[C@H]1NCc1cccc(OCc2ccccn2)c1. The van der Waals surface area contributed by atoms with Crippen molar-refractivity contribution in [1.82, 2.24) is 10.3 Å². The predicted octanol–water partition coefficient (Wildman–Crippen LogP) is 3.41. The maximum Gasteiger partial charge on any atom is 0.130 e. The molecule has 0 saturated carbocycles. The maximum atomic E-state index is 10.4. The Morgan fingerprint density at radius 1 is 1.04 bits per heavy atom. The number of pyridine rings is 1. The summed E-state index contributed by atoms with van der Waals surface area (Å²) in [5.41, 5.74) is 4.45. The molecule has 2 atom stereocenters. The quantitative estimate of drug-likeness (QED) is 0.718. The van der Waals surface area contributed by atoms with E-state index in [0.717, 1.165) is 17.0 Å². The molecule has 0 bridgehead atoms. The average Bonchev–Trinajstić information content (AvgIpc) is 3.01. The van der Waals surface area contributed by atoms with Gasteiger partial charge in [-0.1, -0.05) is 42.5 Å². The lowest BCUT2D eigenvalue weighted by Crippen LogP contribution is -2.28. The Hall–Kier alpha value is -2.69. The first-order valence-electron chi connectivity index (χ1n) is 8.90. The molecule has 26 heavy (non-hydrogen) atoms. The van der Waals surface area contributed by atoms with Gasteiger partial charge in [0.2, 0.25) is 0 Å². The summed E-state index contributed by atoms with van der Waals surface area (Å²) in [5.74, 6) is 0.822. The smallest absolute Gasteiger partial charge is 0.130 e. The third kappa shape index (κ3) is 3.77. The lowest BCUT2D eigenvalue weighted by atomic mass is 10.1. The van der Waals surface area contributed by atoms with E-state index in [9.17, 15) is 5.11 Å². The van der Waals surface area contributed by atoms with Crippen LogP contribution < -0.4 is 10.1 Å². The molecule has 4 rings (SSSR count). The lowest BCUT2D eigenvalue weighted by Gasteiger charge is -2.18. The van der Waals surface area contributed by atoms with E-state index in [1.165, 1.54) is 11.1 Å². The van der Waals surface area contributed by atoms with Crippen LogP contribution in [0.3, 0.4) is 0 Å². The van der Waals surface area contributed by atoms with Crippen LogP contribution in [0.25, 0.3) is 0 Å². The summed E-state index contributed by atoms with van der Waals surface area (Å²) >= 11 is 0. The third-order valence-corrected chi connectivity index (χ3v) is 4.74. The van der Waals surface area contributed by atoms with Gasteiger partial charge in [-0.05, 0) is 41.0 Å². The van der Waals surface area contributed by atoms with Crippen LogP contribution in [0.2, 0.25) is 0 Å². The van der Waals surface area contributed by atoms with Crippen LogP contribution in [0.1, 0.15) is 28.4 Å². The highest BCUT2D eigenvalue weighted by molar-refractivity contribution is 5.36. The number of hydrogen-bond acceptors (Lipinski definition) is 4. The standard InChI is InChI=1S/C22H22N2O2/c25-21-13-17-7-1-2-10-20(17)22(21)24-14-16-6-5-9-19(12-16)26-15-18-8-3-4-11-23-18/h1-12,21-22,24-25H,13-15H2/t21-,22+/m0/s1. The third-order valence-electron chi connectivity index (χ3n) is 4.74. The molecule has 0 aliphatic heterocycles. The molecule has 2 aromatic carbocycles. The van der Waals surface area contributed by atoms with E-state index in [1.54, 1.807) is 6.20 Å². The second-order valence-corrected chi connectivity index (χ2v) is 6.59. The first-order valence-corrected chi connectivity index (χ1v) is 8.90. The Kier molecular flexibility index (Phi) is 4.95. The van der Waals surface area contributed by atoms with Crippen LogP contribution >= 0.6 is 0 Å². The van der Waals surface area contributed by atoms with Crippen LogP contribution in [0.15, 0.2) is 72.9 Å². The Bertz CT molecular complexity index is 867. The number of aliphatic hydroxyl groups excluding tert-OH is 1. The van der Waals surface area contributed by atoms with Gasteiger partial charge in [0, 0.05) is 19.2 Å². The molecule has 2 N–H and O–H groups in total. The molecule has 0 radical (unpaired) electrons. The number of hydrogen-bond donors (Lipinski definition) is 2. The van der Waals surface area contributed by atoms with Gasteiger partial charge in [-0.2, -0.15) is 0 Å². The first-order chi connectivity index (χ1) is 12.8. The highest BCUT2D eigenvalue weighted by Gasteiger charge is 2.29. The minimum atomic E-state index is -0.379. The van der Waals surface area contributed by atoms with Crippen LogP contribution in [0.4, 0.5) is 0 Å². The van der Waals surface area contributed by atoms with Crippen molar-refractivity contribution in [2.24, 2.45) is 0 Å². The van der Waals surface area contributed by atoms with Crippen LogP contribution in [0.5, 0.6) is 5.75 Å². The summed E-state index contributed by atoms with van der Waals surface area (Å²) in [4.78, 5) is 4.27. The maximum absolute atomic E-state index is 10.4. The van der Waals surface area contributed by atoms with Crippen LogP contribution in [-0.2, 0) is 19.6 Å². The van der Waals surface area contributed by atoms with E-state index in [2.05, 4.69) is 28.5 Å². The number of aliphatic hydroxyl groups is 1. The fourth-order valence-electron chi connectivity index (χ4n) is 3.43. The Labute approximate surface area is 153 Å². The molecule has 0 saturated heterocycles. The number of fused-ring (bicyclic) bond motifs is 1. The molecule has 4 nitrogen and oxygen atoms in total. The average molecular weight is 346 g/mol. The molecule has 3 aromatic rings. The van der Waals surface area contributed by atoms with Crippen molar-refractivity contribution >= 4 is 0 Å². The van der Waals surface area contributed by atoms with Crippen LogP contribution in [0, 0.1) is 0 Å². The molecule has 4 heteroatoms. The van der Waals surface area contributed by atoms with Gasteiger partial charge < -0.3 is 15.2 Å².